The van der Waals surface area contributed by atoms with Gasteiger partial charge in [0.1, 0.15) is 11.6 Å². The van der Waals surface area contributed by atoms with E-state index in [0.29, 0.717) is 19.0 Å². The number of carbonyl (C=O) groups excluding carboxylic acids is 1. The third-order valence-corrected chi connectivity index (χ3v) is 3.58. The minimum Gasteiger partial charge on any atom is -0.352 e. The Balaban J connectivity index is 1.55. The second-order valence-corrected chi connectivity index (χ2v) is 5.25. The molecule has 0 radical (unpaired) electrons. The molecule has 3 aromatic rings. The molecule has 1 heterocycles. The molecule has 0 saturated carbocycles. The molecule has 0 fully saturated rings. The predicted molar refractivity (Wildman–Crippen MR) is 86.0 cm³/mol. The van der Waals surface area contributed by atoms with Crippen LogP contribution in [0.5, 0.6) is 0 Å². The van der Waals surface area contributed by atoms with Gasteiger partial charge in [-0.3, -0.25) is 4.79 Å². The fourth-order valence-corrected chi connectivity index (χ4v) is 2.33. The Morgan fingerprint density at radius 2 is 1.92 bits per heavy atom. The number of carbonyl (C=O) groups is 1. The first kappa shape index (κ1) is 15.9. The van der Waals surface area contributed by atoms with Crippen LogP contribution >= 0.6 is 0 Å². The van der Waals surface area contributed by atoms with E-state index in [9.17, 15) is 13.6 Å². The monoisotopic (exact) mass is 327 g/mol. The molecule has 0 saturated heterocycles. The van der Waals surface area contributed by atoms with Crippen molar-refractivity contribution in [3.05, 3.63) is 83.7 Å². The second-order valence-electron chi connectivity index (χ2n) is 5.25. The fourth-order valence-electron chi connectivity index (χ4n) is 2.33. The molecular weight excluding hydrogens is 312 g/mol. The van der Waals surface area contributed by atoms with Crippen LogP contribution in [0.1, 0.15) is 15.9 Å². The quantitative estimate of drug-likeness (QED) is 0.783. The first-order chi connectivity index (χ1) is 11.6. The van der Waals surface area contributed by atoms with Gasteiger partial charge in [0.2, 0.25) is 0 Å². The van der Waals surface area contributed by atoms with Crippen LogP contribution in [0, 0.1) is 11.6 Å². The van der Waals surface area contributed by atoms with Crippen LogP contribution in [-0.4, -0.2) is 22.2 Å². The van der Waals surface area contributed by atoms with Gasteiger partial charge in [-0.1, -0.05) is 12.1 Å². The minimum atomic E-state index is -0.865. The molecule has 6 heteroatoms. The van der Waals surface area contributed by atoms with Gasteiger partial charge in [0.15, 0.2) is 0 Å². The Morgan fingerprint density at radius 3 is 2.58 bits per heavy atom. The molecule has 2 aromatic carbocycles. The van der Waals surface area contributed by atoms with Crippen molar-refractivity contribution in [2.24, 2.45) is 0 Å². The molecule has 1 amide bonds. The van der Waals surface area contributed by atoms with Gasteiger partial charge in [-0.25, -0.2) is 13.5 Å². The van der Waals surface area contributed by atoms with Crippen molar-refractivity contribution in [1.82, 2.24) is 15.1 Å². The Bertz CT molecular complexity index is 830. The highest BCUT2D eigenvalue weighted by Crippen LogP contribution is 2.10. The van der Waals surface area contributed by atoms with Crippen LogP contribution in [0.3, 0.4) is 0 Å². The van der Waals surface area contributed by atoms with Crippen molar-refractivity contribution < 1.29 is 13.6 Å². The van der Waals surface area contributed by atoms with Gasteiger partial charge in [0.25, 0.3) is 5.91 Å². The molecule has 122 valence electrons. The van der Waals surface area contributed by atoms with E-state index in [1.807, 2.05) is 36.5 Å². The Kier molecular flexibility index (Phi) is 4.65. The third-order valence-electron chi connectivity index (χ3n) is 3.58. The number of rotatable bonds is 5. The van der Waals surface area contributed by atoms with Gasteiger partial charge in [0, 0.05) is 25.0 Å². The zero-order chi connectivity index (χ0) is 16.9. The zero-order valence-corrected chi connectivity index (χ0v) is 12.7. The summed E-state index contributed by atoms with van der Waals surface area (Å²) in [7, 11) is 0. The summed E-state index contributed by atoms with van der Waals surface area (Å²) in [4.78, 5) is 11.9. The first-order valence-electron chi connectivity index (χ1n) is 7.46. The van der Waals surface area contributed by atoms with E-state index < -0.39 is 17.5 Å². The normalized spacial score (nSPS) is 10.6. The Morgan fingerprint density at radius 1 is 1.12 bits per heavy atom. The van der Waals surface area contributed by atoms with Crippen molar-refractivity contribution in [3.8, 4) is 5.69 Å². The molecule has 0 atom stereocenters. The predicted octanol–water partition coefficient (Wildman–Crippen LogP) is 3.12. The molecule has 0 spiro atoms. The molecule has 24 heavy (non-hydrogen) atoms. The van der Waals surface area contributed by atoms with Gasteiger partial charge in [-0.2, -0.15) is 5.10 Å². The summed E-state index contributed by atoms with van der Waals surface area (Å²) in [6.07, 6.45) is 4.17. The van der Waals surface area contributed by atoms with Crippen LogP contribution in [0.25, 0.3) is 5.69 Å². The third kappa shape index (κ3) is 3.65. The van der Waals surface area contributed by atoms with E-state index in [2.05, 4.69) is 10.4 Å². The average Bonchev–Trinajstić information content (AvgIpc) is 3.10. The fraction of sp³-hybridized carbons (Fsp3) is 0.111. The maximum atomic E-state index is 13.5. The molecule has 0 bridgehead atoms. The van der Waals surface area contributed by atoms with Crippen molar-refractivity contribution in [2.45, 2.75) is 6.42 Å². The lowest BCUT2D eigenvalue weighted by atomic mass is 10.1. The number of aromatic nitrogens is 2. The molecule has 0 unspecified atom stereocenters. The lowest BCUT2D eigenvalue weighted by Crippen LogP contribution is -2.26. The van der Waals surface area contributed by atoms with Crippen molar-refractivity contribution >= 4 is 5.91 Å². The molecular formula is C18H15F2N3O. The van der Waals surface area contributed by atoms with Gasteiger partial charge in [-0.05, 0) is 42.3 Å². The van der Waals surface area contributed by atoms with Gasteiger partial charge >= 0.3 is 0 Å². The van der Waals surface area contributed by atoms with E-state index in [0.717, 1.165) is 23.4 Å². The minimum absolute atomic E-state index is 0.162. The van der Waals surface area contributed by atoms with Gasteiger partial charge in [-0.15, -0.1) is 0 Å². The maximum absolute atomic E-state index is 13.5. The van der Waals surface area contributed by atoms with Crippen molar-refractivity contribution in [2.75, 3.05) is 6.54 Å². The first-order valence-corrected chi connectivity index (χ1v) is 7.46. The van der Waals surface area contributed by atoms with E-state index in [1.54, 1.807) is 10.9 Å². The molecule has 1 aromatic heterocycles. The highest BCUT2D eigenvalue weighted by molar-refractivity contribution is 5.94. The number of hydrogen-bond acceptors (Lipinski definition) is 2. The number of benzene rings is 2. The smallest absolute Gasteiger partial charge is 0.254 e. The van der Waals surface area contributed by atoms with Crippen LogP contribution in [0.2, 0.25) is 0 Å². The lowest BCUT2D eigenvalue weighted by Gasteiger charge is -2.07. The molecule has 1 N–H and O–H groups in total. The maximum Gasteiger partial charge on any atom is 0.254 e. The summed E-state index contributed by atoms with van der Waals surface area (Å²) in [6, 6.07) is 12.5. The average molecular weight is 327 g/mol. The highest BCUT2D eigenvalue weighted by Gasteiger charge is 2.11. The topological polar surface area (TPSA) is 46.9 Å². The second kappa shape index (κ2) is 7.04. The summed E-state index contributed by atoms with van der Waals surface area (Å²) < 4.78 is 28.1. The van der Waals surface area contributed by atoms with Crippen LogP contribution in [0.15, 0.2) is 60.9 Å². The zero-order valence-electron chi connectivity index (χ0n) is 12.7. The Hall–Kier alpha value is -3.02. The van der Waals surface area contributed by atoms with Gasteiger partial charge < -0.3 is 5.32 Å². The standard InChI is InChI=1S/C18H15F2N3O/c19-14-4-7-16(17(20)12-14)18(24)21-10-8-13-2-5-15(6-3-13)23-11-1-9-22-23/h1-7,9,11-12H,8,10H2,(H,21,24). The number of amides is 1. The van der Waals surface area contributed by atoms with Crippen LogP contribution < -0.4 is 5.32 Å². The van der Waals surface area contributed by atoms with E-state index in [4.69, 9.17) is 0 Å². The molecule has 0 aliphatic carbocycles. The molecule has 0 aliphatic heterocycles. The molecule has 0 aliphatic rings. The van der Waals surface area contributed by atoms with Crippen LogP contribution in [-0.2, 0) is 6.42 Å². The number of nitrogens with zero attached hydrogens (tertiary/aromatic N) is 2. The highest BCUT2D eigenvalue weighted by atomic mass is 19.1. The lowest BCUT2D eigenvalue weighted by molar-refractivity contribution is 0.0950. The van der Waals surface area contributed by atoms with Crippen LogP contribution in [0.4, 0.5) is 8.78 Å². The van der Waals surface area contributed by atoms with E-state index >= 15 is 0 Å². The summed E-state index contributed by atoms with van der Waals surface area (Å²) >= 11 is 0. The van der Waals surface area contributed by atoms with Crippen molar-refractivity contribution in [3.63, 3.8) is 0 Å². The molecule has 4 nitrogen and oxygen atoms in total. The largest absolute Gasteiger partial charge is 0.352 e. The van der Waals surface area contributed by atoms with E-state index in [-0.39, 0.29) is 5.56 Å². The summed E-state index contributed by atoms with van der Waals surface area (Å²) in [5, 5.41) is 6.78. The Labute approximate surface area is 137 Å². The SMILES string of the molecule is O=C(NCCc1ccc(-n2cccn2)cc1)c1ccc(F)cc1F. The molecule has 3 rings (SSSR count). The summed E-state index contributed by atoms with van der Waals surface area (Å²) in [5.74, 6) is -2.13. The van der Waals surface area contributed by atoms with E-state index in [1.165, 1.54) is 0 Å². The number of hydrogen-bond donors (Lipinski definition) is 1. The van der Waals surface area contributed by atoms with Crippen molar-refractivity contribution in [1.29, 1.82) is 0 Å². The number of halogens is 2. The summed E-state index contributed by atoms with van der Waals surface area (Å²) in [5.41, 5.74) is 1.82. The summed E-state index contributed by atoms with van der Waals surface area (Å²) in [6.45, 7) is 0.358. The number of nitrogens with one attached hydrogen (secondary N) is 1. The van der Waals surface area contributed by atoms with Gasteiger partial charge in [0.05, 0.1) is 11.3 Å².